The SMILES string of the molecule is C#CCn1c(=NC(=O)[C@H]2COc3ccccc3O2)sc2cc(F)cc(F)c21. The number of hydrogen-bond acceptors (Lipinski definition) is 4. The minimum Gasteiger partial charge on any atom is -0.485 e. The van der Waals surface area contributed by atoms with Gasteiger partial charge in [-0.25, -0.2) is 8.78 Å². The Morgan fingerprint density at radius 1 is 1.33 bits per heavy atom. The Balaban J connectivity index is 1.74. The number of rotatable bonds is 2. The quantitative estimate of drug-likeness (QED) is 0.637. The van der Waals surface area contributed by atoms with Crippen molar-refractivity contribution in [2.24, 2.45) is 4.99 Å². The Labute approximate surface area is 156 Å². The highest BCUT2D eigenvalue weighted by Crippen LogP contribution is 2.31. The topological polar surface area (TPSA) is 52.8 Å². The van der Waals surface area contributed by atoms with Gasteiger partial charge in [-0.1, -0.05) is 29.4 Å². The first-order chi connectivity index (χ1) is 13.1. The number of fused-ring (bicyclic) bond motifs is 2. The molecule has 0 aliphatic carbocycles. The first-order valence-corrected chi connectivity index (χ1v) is 8.77. The average molecular weight is 386 g/mol. The Bertz CT molecular complexity index is 1160. The van der Waals surface area contributed by atoms with E-state index in [-0.39, 0.29) is 23.5 Å². The fourth-order valence-electron chi connectivity index (χ4n) is 2.76. The number of carbonyl (C=O) groups is 1. The predicted octanol–water partition coefficient (Wildman–Crippen LogP) is 2.88. The van der Waals surface area contributed by atoms with Crippen LogP contribution in [0.4, 0.5) is 8.78 Å². The van der Waals surface area contributed by atoms with Gasteiger partial charge in [0.25, 0.3) is 5.91 Å². The highest BCUT2D eigenvalue weighted by Gasteiger charge is 2.27. The van der Waals surface area contributed by atoms with E-state index in [1.165, 1.54) is 10.6 Å². The number of carbonyl (C=O) groups excluding carboxylic acids is 1. The van der Waals surface area contributed by atoms with Crippen LogP contribution in [0.2, 0.25) is 0 Å². The molecule has 0 fully saturated rings. The van der Waals surface area contributed by atoms with Gasteiger partial charge in [0, 0.05) is 6.07 Å². The van der Waals surface area contributed by atoms with Crippen LogP contribution in [0.5, 0.6) is 11.5 Å². The van der Waals surface area contributed by atoms with Crippen molar-refractivity contribution in [3.05, 3.63) is 52.8 Å². The lowest BCUT2D eigenvalue weighted by atomic mass is 10.2. The maximum Gasteiger partial charge on any atom is 0.292 e. The van der Waals surface area contributed by atoms with Gasteiger partial charge in [-0.15, -0.1) is 6.42 Å². The van der Waals surface area contributed by atoms with Crippen molar-refractivity contribution in [1.82, 2.24) is 4.57 Å². The molecule has 1 atom stereocenters. The van der Waals surface area contributed by atoms with E-state index in [1.54, 1.807) is 24.3 Å². The fourth-order valence-corrected chi connectivity index (χ4v) is 3.83. The molecule has 8 heteroatoms. The number of nitrogens with zero attached hydrogens (tertiary/aromatic N) is 2. The van der Waals surface area contributed by atoms with Gasteiger partial charge >= 0.3 is 0 Å². The summed E-state index contributed by atoms with van der Waals surface area (Å²) in [6.45, 7) is -0.0120. The Morgan fingerprint density at radius 3 is 2.89 bits per heavy atom. The number of thiazole rings is 1. The predicted molar refractivity (Wildman–Crippen MR) is 95.5 cm³/mol. The van der Waals surface area contributed by atoms with Crippen molar-refractivity contribution in [3.63, 3.8) is 0 Å². The van der Waals surface area contributed by atoms with Crippen molar-refractivity contribution >= 4 is 27.5 Å². The summed E-state index contributed by atoms with van der Waals surface area (Å²) in [7, 11) is 0. The van der Waals surface area contributed by atoms with E-state index in [0.29, 0.717) is 16.2 Å². The summed E-state index contributed by atoms with van der Waals surface area (Å²) in [4.78, 5) is 16.8. The summed E-state index contributed by atoms with van der Waals surface area (Å²) in [5, 5.41) is 0. The molecule has 0 bridgehead atoms. The van der Waals surface area contributed by atoms with Crippen LogP contribution < -0.4 is 14.3 Å². The van der Waals surface area contributed by atoms with E-state index in [9.17, 15) is 13.6 Å². The fraction of sp³-hybridized carbons (Fsp3) is 0.158. The molecule has 1 amide bonds. The number of aromatic nitrogens is 1. The zero-order valence-electron chi connectivity index (χ0n) is 13.8. The lowest BCUT2D eigenvalue weighted by molar-refractivity contribution is -0.127. The molecular formula is C19H12F2N2O3S. The second-order valence-electron chi connectivity index (χ2n) is 5.72. The van der Waals surface area contributed by atoms with Gasteiger partial charge in [-0.2, -0.15) is 4.99 Å². The van der Waals surface area contributed by atoms with Crippen molar-refractivity contribution in [2.45, 2.75) is 12.6 Å². The zero-order valence-corrected chi connectivity index (χ0v) is 14.6. The molecule has 1 aliphatic heterocycles. The van der Waals surface area contributed by atoms with Crippen LogP contribution in [0.25, 0.3) is 10.2 Å². The van der Waals surface area contributed by atoms with Gasteiger partial charge < -0.3 is 14.0 Å². The van der Waals surface area contributed by atoms with Gasteiger partial charge in [0.2, 0.25) is 6.10 Å². The summed E-state index contributed by atoms with van der Waals surface area (Å²) in [6, 6.07) is 8.92. The molecule has 4 rings (SSSR count). The van der Waals surface area contributed by atoms with E-state index >= 15 is 0 Å². The molecule has 3 aromatic rings. The lowest BCUT2D eigenvalue weighted by Crippen LogP contribution is -2.36. The summed E-state index contributed by atoms with van der Waals surface area (Å²) in [5.74, 6) is 1.30. The molecule has 0 radical (unpaired) electrons. The van der Waals surface area contributed by atoms with Gasteiger partial charge in [-0.3, -0.25) is 4.79 Å². The standard InChI is InChI=1S/C19H12F2N2O3S/c1-2-7-23-17-12(21)8-11(20)9-16(17)27-19(23)22-18(24)15-10-25-13-5-3-4-6-14(13)26-15/h1,3-6,8-9,15H,7,10H2/t15-/m1/s1. The van der Waals surface area contributed by atoms with Crippen LogP contribution >= 0.6 is 11.3 Å². The van der Waals surface area contributed by atoms with E-state index < -0.39 is 23.6 Å². The van der Waals surface area contributed by atoms with E-state index in [0.717, 1.165) is 17.4 Å². The molecule has 0 saturated heterocycles. The first-order valence-electron chi connectivity index (χ1n) is 7.95. The number of para-hydroxylation sites is 2. The van der Waals surface area contributed by atoms with Crippen molar-refractivity contribution in [2.75, 3.05) is 6.61 Å². The molecule has 5 nitrogen and oxygen atoms in total. The summed E-state index contributed by atoms with van der Waals surface area (Å²) in [5.41, 5.74) is 0.108. The third kappa shape index (κ3) is 3.17. The third-order valence-corrected chi connectivity index (χ3v) is 4.96. The minimum absolute atomic E-state index is 0.00235. The van der Waals surface area contributed by atoms with Crippen LogP contribution in [0.1, 0.15) is 0 Å². The maximum absolute atomic E-state index is 14.2. The first kappa shape index (κ1) is 17.2. The zero-order chi connectivity index (χ0) is 19.0. The summed E-state index contributed by atoms with van der Waals surface area (Å²) < 4.78 is 40.5. The monoisotopic (exact) mass is 386 g/mol. The van der Waals surface area contributed by atoms with Crippen LogP contribution in [0.3, 0.4) is 0 Å². The van der Waals surface area contributed by atoms with Gasteiger partial charge in [-0.05, 0) is 18.2 Å². The second kappa shape index (κ2) is 6.85. The summed E-state index contributed by atoms with van der Waals surface area (Å²) >= 11 is 0.974. The molecule has 2 aromatic carbocycles. The van der Waals surface area contributed by atoms with E-state index in [4.69, 9.17) is 15.9 Å². The highest BCUT2D eigenvalue weighted by atomic mass is 32.1. The second-order valence-corrected chi connectivity index (χ2v) is 6.73. The van der Waals surface area contributed by atoms with E-state index in [2.05, 4.69) is 10.9 Å². The van der Waals surface area contributed by atoms with Crippen LogP contribution in [0.15, 0.2) is 41.4 Å². The highest BCUT2D eigenvalue weighted by molar-refractivity contribution is 7.16. The van der Waals surface area contributed by atoms with Gasteiger partial charge in [0.1, 0.15) is 12.4 Å². The Morgan fingerprint density at radius 2 is 2.11 bits per heavy atom. The molecule has 0 spiro atoms. The Hall–Kier alpha value is -3.18. The normalized spacial score (nSPS) is 16.3. The molecule has 0 unspecified atom stereocenters. The molecule has 0 N–H and O–H groups in total. The molecule has 2 heterocycles. The molecule has 1 aromatic heterocycles. The Kier molecular flexibility index (Phi) is 4.38. The minimum atomic E-state index is -0.939. The van der Waals surface area contributed by atoms with Crippen LogP contribution in [-0.4, -0.2) is 23.2 Å². The largest absolute Gasteiger partial charge is 0.485 e. The number of halogens is 2. The number of ether oxygens (including phenoxy) is 2. The smallest absolute Gasteiger partial charge is 0.292 e. The van der Waals surface area contributed by atoms with Crippen LogP contribution in [0, 0.1) is 24.0 Å². The lowest BCUT2D eigenvalue weighted by Gasteiger charge is -2.23. The molecule has 0 saturated carbocycles. The number of amides is 1. The molecule has 1 aliphatic rings. The van der Waals surface area contributed by atoms with Gasteiger partial charge in [0.15, 0.2) is 22.1 Å². The molecule has 27 heavy (non-hydrogen) atoms. The average Bonchev–Trinajstić information content (AvgIpc) is 2.98. The van der Waals surface area contributed by atoms with Crippen molar-refractivity contribution in [1.29, 1.82) is 0 Å². The summed E-state index contributed by atoms with van der Waals surface area (Å²) in [6.07, 6.45) is 4.41. The van der Waals surface area contributed by atoms with Crippen molar-refractivity contribution in [3.8, 4) is 23.8 Å². The number of terminal acetylenes is 1. The number of hydrogen-bond donors (Lipinski definition) is 0. The van der Waals surface area contributed by atoms with Crippen LogP contribution in [-0.2, 0) is 11.3 Å². The van der Waals surface area contributed by atoms with Gasteiger partial charge in [0.05, 0.1) is 16.8 Å². The third-order valence-electron chi connectivity index (χ3n) is 3.93. The van der Waals surface area contributed by atoms with Crippen molar-refractivity contribution < 1.29 is 23.0 Å². The van der Waals surface area contributed by atoms with E-state index in [1.807, 2.05) is 0 Å². The molecule has 136 valence electrons. The molecular weight excluding hydrogens is 374 g/mol. The number of benzene rings is 2. The maximum atomic E-state index is 14.2.